The average molecular weight is 354 g/mol. The first-order valence-electron chi connectivity index (χ1n) is 8.42. The maximum absolute atomic E-state index is 12.6. The molecule has 134 valence electrons. The van der Waals surface area contributed by atoms with E-state index in [4.69, 9.17) is 9.47 Å². The number of aromatic nitrogens is 1. The number of fused-ring (bicyclic) bond motifs is 1. The number of carboxylic acid groups (broad SMARTS) is 1. The zero-order chi connectivity index (χ0) is 18.1. The molecule has 1 fully saturated rings. The fraction of sp³-hybridized carbons (Fsp3) is 0.316. The first-order chi connectivity index (χ1) is 12.6. The van der Waals surface area contributed by atoms with Crippen molar-refractivity contribution in [3.63, 3.8) is 0 Å². The summed E-state index contributed by atoms with van der Waals surface area (Å²) in [6, 6.07) is 7.59. The smallest absolute Gasteiger partial charge is 0.331 e. The molecule has 0 aliphatic carbocycles. The van der Waals surface area contributed by atoms with Crippen LogP contribution in [0.4, 0.5) is 0 Å². The second-order valence-electron chi connectivity index (χ2n) is 6.53. The van der Waals surface area contributed by atoms with Crippen LogP contribution < -0.4 is 10.1 Å². The van der Waals surface area contributed by atoms with Crippen molar-refractivity contribution in [3.8, 4) is 16.9 Å². The molecular formula is C19H18N2O5. The van der Waals surface area contributed by atoms with Gasteiger partial charge < -0.3 is 19.9 Å². The number of amides is 1. The van der Waals surface area contributed by atoms with Gasteiger partial charge in [0.2, 0.25) is 0 Å². The van der Waals surface area contributed by atoms with Crippen LogP contribution in [0.25, 0.3) is 11.1 Å². The number of carbonyl (C=O) groups is 2. The van der Waals surface area contributed by atoms with Gasteiger partial charge in [-0.05, 0) is 29.3 Å². The molecule has 1 atom stereocenters. The Morgan fingerprint density at radius 1 is 1.15 bits per heavy atom. The number of rotatable bonds is 4. The van der Waals surface area contributed by atoms with E-state index >= 15 is 0 Å². The number of carboxylic acids is 1. The van der Waals surface area contributed by atoms with Crippen LogP contribution in [0.5, 0.6) is 5.75 Å². The zero-order valence-corrected chi connectivity index (χ0v) is 14.0. The number of ether oxygens (including phenoxy) is 2. The largest absolute Gasteiger partial charge is 0.493 e. The Bertz CT molecular complexity index is 874. The van der Waals surface area contributed by atoms with E-state index in [0.717, 1.165) is 28.9 Å². The Kier molecular flexibility index (Phi) is 4.08. The van der Waals surface area contributed by atoms with E-state index in [1.54, 1.807) is 12.3 Å². The van der Waals surface area contributed by atoms with Gasteiger partial charge in [-0.25, -0.2) is 4.79 Å². The summed E-state index contributed by atoms with van der Waals surface area (Å²) in [6.45, 7) is 0.951. The summed E-state index contributed by atoms with van der Waals surface area (Å²) in [4.78, 5) is 28.3. The number of hydrogen-bond acceptors (Lipinski definition) is 5. The lowest BCUT2D eigenvalue weighted by atomic mass is 9.98. The minimum absolute atomic E-state index is 0.0357. The number of aliphatic carboxylic acids is 1. The third kappa shape index (κ3) is 2.90. The fourth-order valence-electron chi connectivity index (χ4n) is 3.26. The first kappa shape index (κ1) is 16.5. The third-order valence-corrected chi connectivity index (χ3v) is 4.81. The van der Waals surface area contributed by atoms with Gasteiger partial charge in [-0.15, -0.1) is 0 Å². The van der Waals surface area contributed by atoms with Crippen molar-refractivity contribution in [2.45, 2.75) is 18.4 Å². The number of hydrogen-bond donors (Lipinski definition) is 2. The molecule has 3 heterocycles. The molecule has 7 nitrogen and oxygen atoms in total. The standard InChI is InChI=1S/C19H18N2O5/c22-17(21-19(18(23)24)4-6-25-11-19)15-8-14(9-20-10-15)12-1-2-16-13(7-12)3-5-26-16/h1-2,7-10H,3-6,11H2,(H,21,22)(H,23,24). The molecule has 1 aromatic carbocycles. The van der Waals surface area contributed by atoms with Gasteiger partial charge in [0.15, 0.2) is 5.54 Å². The first-order valence-corrected chi connectivity index (χ1v) is 8.42. The molecule has 0 saturated carbocycles. The van der Waals surface area contributed by atoms with E-state index in [2.05, 4.69) is 10.3 Å². The van der Waals surface area contributed by atoms with Crippen LogP contribution >= 0.6 is 0 Å². The van der Waals surface area contributed by atoms with E-state index < -0.39 is 17.4 Å². The molecule has 1 amide bonds. The molecule has 2 aliphatic rings. The summed E-state index contributed by atoms with van der Waals surface area (Å²) >= 11 is 0. The molecule has 2 N–H and O–H groups in total. The van der Waals surface area contributed by atoms with E-state index in [0.29, 0.717) is 18.8 Å². The van der Waals surface area contributed by atoms with Crippen molar-refractivity contribution in [2.24, 2.45) is 0 Å². The lowest BCUT2D eigenvalue weighted by Gasteiger charge is -2.23. The molecule has 2 aliphatic heterocycles. The summed E-state index contributed by atoms with van der Waals surface area (Å²) in [5.74, 6) is -0.678. The summed E-state index contributed by atoms with van der Waals surface area (Å²) < 4.78 is 10.7. The van der Waals surface area contributed by atoms with Crippen molar-refractivity contribution in [2.75, 3.05) is 19.8 Å². The Labute approximate surface area is 150 Å². The van der Waals surface area contributed by atoms with Gasteiger partial charge in [0, 0.05) is 37.4 Å². The Hall–Kier alpha value is -2.93. The van der Waals surface area contributed by atoms with Crippen LogP contribution in [0.3, 0.4) is 0 Å². The lowest BCUT2D eigenvalue weighted by molar-refractivity contribution is -0.144. The van der Waals surface area contributed by atoms with Crippen molar-refractivity contribution in [1.82, 2.24) is 10.3 Å². The molecule has 0 bridgehead atoms. The highest BCUT2D eigenvalue weighted by molar-refractivity contribution is 5.98. The van der Waals surface area contributed by atoms with Crippen molar-refractivity contribution < 1.29 is 24.2 Å². The van der Waals surface area contributed by atoms with E-state index in [1.807, 2.05) is 18.2 Å². The minimum Gasteiger partial charge on any atom is -0.493 e. The second kappa shape index (κ2) is 6.42. The van der Waals surface area contributed by atoms with Crippen LogP contribution in [0.15, 0.2) is 36.7 Å². The predicted octanol–water partition coefficient (Wildman–Crippen LogP) is 1.66. The zero-order valence-electron chi connectivity index (χ0n) is 14.0. The van der Waals surface area contributed by atoms with Crippen LogP contribution in [-0.4, -0.2) is 47.3 Å². The van der Waals surface area contributed by atoms with Crippen molar-refractivity contribution in [1.29, 1.82) is 0 Å². The van der Waals surface area contributed by atoms with Gasteiger partial charge in [-0.2, -0.15) is 0 Å². The Morgan fingerprint density at radius 3 is 2.81 bits per heavy atom. The van der Waals surface area contributed by atoms with Crippen LogP contribution in [0.2, 0.25) is 0 Å². The highest BCUT2D eigenvalue weighted by Crippen LogP contribution is 2.30. The van der Waals surface area contributed by atoms with E-state index in [1.165, 1.54) is 6.20 Å². The molecule has 4 rings (SSSR count). The third-order valence-electron chi connectivity index (χ3n) is 4.81. The number of carbonyl (C=O) groups excluding carboxylic acids is 1. The Balaban J connectivity index is 1.59. The molecule has 0 radical (unpaired) electrons. The van der Waals surface area contributed by atoms with Crippen LogP contribution in [0, 0.1) is 0 Å². The molecular weight excluding hydrogens is 336 g/mol. The SMILES string of the molecule is O=C(NC1(C(=O)O)CCOC1)c1cncc(-c2ccc3c(c2)CCO3)c1. The van der Waals surface area contributed by atoms with E-state index in [9.17, 15) is 14.7 Å². The van der Waals surface area contributed by atoms with Crippen LogP contribution in [-0.2, 0) is 16.0 Å². The topological polar surface area (TPSA) is 97.8 Å². The van der Waals surface area contributed by atoms with Gasteiger partial charge in [0.25, 0.3) is 5.91 Å². The van der Waals surface area contributed by atoms with Crippen LogP contribution in [0.1, 0.15) is 22.3 Å². The van der Waals surface area contributed by atoms with Gasteiger partial charge in [0.05, 0.1) is 18.8 Å². The van der Waals surface area contributed by atoms with Gasteiger partial charge in [-0.3, -0.25) is 9.78 Å². The summed E-state index contributed by atoms with van der Waals surface area (Å²) in [5.41, 5.74) is 1.79. The maximum atomic E-state index is 12.6. The molecule has 26 heavy (non-hydrogen) atoms. The summed E-state index contributed by atoms with van der Waals surface area (Å²) in [6.07, 6.45) is 4.21. The van der Waals surface area contributed by atoms with E-state index in [-0.39, 0.29) is 13.0 Å². The molecule has 0 spiro atoms. The molecule has 7 heteroatoms. The highest BCUT2D eigenvalue weighted by Gasteiger charge is 2.44. The van der Waals surface area contributed by atoms with Gasteiger partial charge in [0.1, 0.15) is 5.75 Å². The minimum atomic E-state index is -1.38. The van der Waals surface area contributed by atoms with Gasteiger partial charge in [-0.1, -0.05) is 6.07 Å². The number of benzene rings is 1. The Morgan fingerprint density at radius 2 is 2.04 bits per heavy atom. The molecule has 1 unspecified atom stereocenters. The summed E-state index contributed by atoms with van der Waals surface area (Å²) in [5, 5.41) is 12.1. The fourth-order valence-corrected chi connectivity index (χ4v) is 3.26. The highest BCUT2D eigenvalue weighted by atomic mass is 16.5. The average Bonchev–Trinajstić information content (AvgIpc) is 3.31. The summed E-state index contributed by atoms with van der Waals surface area (Å²) in [7, 11) is 0. The normalized spacial score (nSPS) is 21.1. The molecule has 1 saturated heterocycles. The lowest BCUT2D eigenvalue weighted by Crippen LogP contribution is -2.55. The van der Waals surface area contributed by atoms with Gasteiger partial charge >= 0.3 is 5.97 Å². The molecule has 2 aromatic rings. The number of pyridine rings is 1. The van der Waals surface area contributed by atoms with Crippen molar-refractivity contribution in [3.05, 3.63) is 47.8 Å². The maximum Gasteiger partial charge on any atom is 0.331 e. The monoisotopic (exact) mass is 354 g/mol. The molecule has 1 aromatic heterocycles. The number of nitrogens with zero attached hydrogens (tertiary/aromatic N) is 1. The predicted molar refractivity (Wildman–Crippen MR) is 92.1 cm³/mol. The quantitative estimate of drug-likeness (QED) is 0.867. The van der Waals surface area contributed by atoms with Crippen molar-refractivity contribution >= 4 is 11.9 Å². The number of nitrogens with one attached hydrogen (secondary N) is 1. The second-order valence-corrected chi connectivity index (χ2v) is 6.53.